The Kier molecular flexibility index (Phi) is 3.44. The third kappa shape index (κ3) is 2.17. The fraction of sp³-hybridized carbons (Fsp3) is 0.333. The summed E-state index contributed by atoms with van der Waals surface area (Å²) in [5.74, 6) is 0. The molecule has 0 aliphatic heterocycles. The Morgan fingerprint density at radius 2 is 1.91 bits per heavy atom. The van der Waals surface area contributed by atoms with E-state index in [0.717, 1.165) is 0 Å². The maximum absolute atomic E-state index is 2.51. The van der Waals surface area contributed by atoms with E-state index < -0.39 is 0 Å². The molecular weight excluding hydrogens is 379 g/mol. The molecule has 0 fully saturated rings. The van der Waals surface area contributed by atoms with Crippen LogP contribution in [0.4, 0.5) is 0 Å². The molecule has 3 aliphatic rings. The van der Waals surface area contributed by atoms with Crippen molar-refractivity contribution in [1.29, 1.82) is 0 Å². The number of rotatable bonds is 1. The zero-order chi connectivity index (χ0) is 15.3. The second kappa shape index (κ2) is 5.23. The SMILES string of the molecule is CC1(C)C2=C(CCC(C3=CC=CCC3)=C2)c2ccc(I)cc21. The number of hydrogen-bond acceptors (Lipinski definition) is 0. The molecule has 0 amide bonds. The molecule has 0 heterocycles. The Morgan fingerprint density at radius 1 is 1.05 bits per heavy atom. The van der Waals surface area contributed by atoms with Gasteiger partial charge in [0.25, 0.3) is 0 Å². The van der Waals surface area contributed by atoms with Gasteiger partial charge in [-0.2, -0.15) is 0 Å². The van der Waals surface area contributed by atoms with Crippen molar-refractivity contribution < 1.29 is 0 Å². The molecule has 1 heteroatoms. The van der Waals surface area contributed by atoms with E-state index in [1.54, 1.807) is 22.3 Å². The van der Waals surface area contributed by atoms with Gasteiger partial charge >= 0.3 is 0 Å². The van der Waals surface area contributed by atoms with E-state index >= 15 is 0 Å². The van der Waals surface area contributed by atoms with Gasteiger partial charge in [-0.1, -0.05) is 44.2 Å². The van der Waals surface area contributed by atoms with Crippen molar-refractivity contribution >= 4 is 28.2 Å². The first-order valence-electron chi connectivity index (χ1n) is 8.18. The molecule has 0 radical (unpaired) electrons. The van der Waals surface area contributed by atoms with Gasteiger partial charge in [0.15, 0.2) is 0 Å². The third-order valence-electron chi connectivity index (χ3n) is 5.37. The average molecular weight is 400 g/mol. The van der Waals surface area contributed by atoms with Crippen LogP contribution < -0.4 is 0 Å². The van der Waals surface area contributed by atoms with Gasteiger partial charge in [0, 0.05) is 8.99 Å². The summed E-state index contributed by atoms with van der Waals surface area (Å²) in [5, 5.41) is 0. The van der Waals surface area contributed by atoms with E-state index in [9.17, 15) is 0 Å². The number of benzene rings is 1. The predicted molar refractivity (Wildman–Crippen MR) is 103 cm³/mol. The van der Waals surface area contributed by atoms with Crippen LogP contribution in [0.25, 0.3) is 5.57 Å². The fourth-order valence-corrected chi connectivity index (χ4v) is 4.62. The van der Waals surface area contributed by atoms with Crippen LogP contribution in [0, 0.1) is 3.57 Å². The third-order valence-corrected chi connectivity index (χ3v) is 6.04. The Morgan fingerprint density at radius 3 is 2.68 bits per heavy atom. The maximum atomic E-state index is 2.51. The second-order valence-electron chi connectivity index (χ2n) is 7.04. The molecule has 0 saturated carbocycles. The lowest BCUT2D eigenvalue weighted by molar-refractivity contribution is 0.649. The number of hydrogen-bond donors (Lipinski definition) is 0. The van der Waals surface area contributed by atoms with Gasteiger partial charge in [0.05, 0.1) is 0 Å². The van der Waals surface area contributed by atoms with Crippen LogP contribution in [-0.4, -0.2) is 0 Å². The fourth-order valence-electron chi connectivity index (χ4n) is 4.13. The zero-order valence-corrected chi connectivity index (χ0v) is 15.4. The molecule has 0 unspecified atom stereocenters. The summed E-state index contributed by atoms with van der Waals surface area (Å²) in [4.78, 5) is 0. The van der Waals surface area contributed by atoms with Crippen molar-refractivity contribution in [2.75, 3.05) is 0 Å². The molecule has 0 nitrogen and oxygen atoms in total. The Labute approximate surface area is 146 Å². The van der Waals surface area contributed by atoms with Crippen molar-refractivity contribution in [1.82, 2.24) is 0 Å². The lowest BCUT2D eigenvalue weighted by atomic mass is 9.77. The molecule has 1 aromatic carbocycles. The van der Waals surface area contributed by atoms with Gasteiger partial charge < -0.3 is 0 Å². The Balaban J connectivity index is 1.82. The highest BCUT2D eigenvalue weighted by Crippen LogP contribution is 2.51. The Hall–Kier alpha value is -1.09. The first-order valence-corrected chi connectivity index (χ1v) is 9.26. The van der Waals surface area contributed by atoms with Crippen molar-refractivity contribution in [2.45, 2.75) is 44.9 Å². The first-order chi connectivity index (χ1) is 10.6. The minimum atomic E-state index is 0.141. The summed E-state index contributed by atoms with van der Waals surface area (Å²) in [6.07, 6.45) is 14.1. The molecule has 22 heavy (non-hydrogen) atoms. The minimum absolute atomic E-state index is 0.141. The smallest absolute Gasteiger partial charge is 0.0156 e. The molecule has 112 valence electrons. The molecule has 0 N–H and O–H groups in total. The molecule has 1 aromatic rings. The predicted octanol–water partition coefficient (Wildman–Crippen LogP) is 6.33. The van der Waals surface area contributed by atoms with Gasteiger partial charge in [-0.3, -0.25) is 0 Å². The number of halogens is 1. The quantitative estimate of drug-likeness (QED) is 0.483. The summed E-state index contributed by atoms with van der Waals surface area (Å²) >= 11 is 2.43. The monoisotopic (exact) mass is 400 g/mol. The first kappa shape index (κ1) is 14.5. The highest BCUT2D eigenvalue weighted by Gasteiger charge is 2.38. The van der Waals surface area contributed by atoms with E-state index in [-0.39, 0.29) is 5.41 Å². The van der Waals surface area contributed by atoms with Gasteiger partial charge in [0.1, 0.15) is 0 Å². The van der Waals surface area contributed by atoms with Crippen LogP contribution in [-0.2, 0) is 5.41 Å². The molecule has 0 bridgehead atoms. The molecular formula is C21H21I. The van der Waals surface area contributed by atoms with Crippen LogP contribution in [0.3, 0.4) is 0 Å². The number of allylic oxidation sites excluding steroid dienone is 8. The van der Waals surface area contributed by atoms with Crippen molar-refractivity contribution in [2.24, 2.45) is 0 Å². The minimum Gasteiger partial charge on any atom is -0.0842 e. The summed E-state index contributed by atoms with van der Waals surface area (Å²) in [7, 11) is 0. The van der Waals surface area contributed by atoms with Crippen LogP contribution in [0.15, 0.2) is 59.2 Å². The van der Waals surface area contributed by atoms with Crippen molar-refractivity contribution in [3.63, 3.8) is 0 Å². The summed E-state index contributed by atoms with van der Waals surface area (Å²) < 4.78 is 1.34. The highest BCUT2D eigenvalue weighted by atomic mass is 127. The van der Waals surface area contributed by atoms with Crippen LogP contribution in [0.1, 0.15) is 50.7 Å². The normalized spacial score (nSPS) is 22.1. The van der Waals surface area contributed by atoms with E-state index in [0.29, 0.717) is 0 Å². The maximum Gasteiger partial charge on any atom is 0.0156 e. The lowest BCUT2D eigenvalue weighted by Crippen LogP contribution is -2.17. The van der Waals surface area contributed by atoms with E-state index in [1.165, 1.54) is 40.4 Å². The standard InChI is InChI=1S/C21H21I/c1-21(2)19-12-15(14-6-4-3-5-7-14)8-10-17(19)18-11-9-16(22)13-20(18)21/h3-4,6,9,11-13H,5,7-8,10H2,1-2H3. The zero-order valence-electron chi connectivity index (χ0n) is 13.2. The van der Waals surface area contributed by atoms with Crippen molar-refractivity contribution in [3.05, 3.63) is 73.9 Å². The van der Waals surface area contributed by atoms with Gasteiger partial charge in [-0.05, 0) is 93.8 Å². The van der Waals surface area contributed by atoms with Gasteiger partial charge in [0.2, 0.25) is 0 Å². The molecule has 0 atom stereocenters. The molecule has 0 aromatic heterocycles. The summed E-state index contributed by atoms with van der Waals surface area (Å²) in [6, 6.07) is 6.96. The molecule has 4 rings (SSSR count). The topological polar surface area (TPSA) is 0 Å². The highest BCUT2D eigenvalue weighted by molar-refractivity contribution is 14.1. The van der Waals surface area contributed by atoms with E-state index in [4.69, 9.17) is 0 Å². The lowest BCUT2D eigenvalue weighted by Gasteiger charge is -2.26. The number of fused-ring (bicyclic) bond motifs is 2. The second-order valence-corrected chi connectivity index (χ2v) is 8.28. The van der Waals surface area contributed by atoms with Gasteiger partial charge in [-0.25, -0.2) is 0 Å². The molecule has 0 spiro atoms. The average Bonchev–Trinajstić information content (AvgIpc) is 2.76. The van der Waals surface area contributed by atoms with E-state index in [2.05, 4.69) is 78.9 Å². The molecule has 3 aliphatic carbocycles. The van der Waals surface area contributed by atoms with Crippen LogP contribution in [0.2, 0.25) is 0 Å². The largest absolute Gasteiger partial charge is 0.0842 e. The van der Waals surface area contributed by atoms with Crippen molar-refractivity contribution in [3.8, 4) is 0 Å². The van der Waals surface area contributed by atoms with Gasteiger partial charge in [-0.15, -0.1) is 0 Å². The van der Waals surface area contributed by atoms with E-state index in [1.807, 2.05) is 0 Å². The molecule has 0 saturated heterocycles. The Bertz CT molecular complexity index is 769. The van der Waals surface area contributed by atoms with Crippen LogP contribution in [0.5, 0.6) is 0 Å². The summed E-state index contributed by atoms with van der Waals surface area (Å²) in [5.41, 5.74) is 9.41. The van der Waals surface area contributed by atoms with Crippen LogP contribution >= 0.6 is 22.6 Å². The summed E-state index contributed by atoms with van der Waals surface area (Å²) in [6.45, 7) is 4.78.